The molecule has 18 heavy (non-hydrogen) atoms. The van der Waals surface area contributed by atoms with E-state index in [4.69, 9.17) is 4.74 Å². The van der Waals surface area contributed by atoms with Crippen LogP contribution in [0.2, 0.25) is 0 Å². The maximum atomic E-state index is 5.05. The zero-order valence-corrected chi connectivity index (χ0v) is 11.0. The van der Waals surface area contributed by atoms with Crippen molar-refractivity contribution in [3.05, 3.63) is 34.3 Å². The first-order valence-electron chi connectivity index (χ1n) is 6.05. The molecule has 1 aliphatic carbocycles. The van der Waals surface area contributed by atoms with E-state index < -0.39 is 0 Å². The number of hydrogen-bond acceptors (Lipinski definition) is 5. The first-order valence-corrected chi connectivity index (χ1v) is 6.93. The molecular weight excluding hydrogens is 246 g/mol. The summed E-state index contributed by atoms with van der Waals surface area (Å²) < 4.78 is 5.05. The lowest BCUT2D eigenvalue weighted by Crippen LogP contribution is -2.17. The quantitative estimate of drug-likeness (QED) is 0.922. The summed E-state index contributed by atoms with van der Waals surface area (Å²) in [6.45, 7) is 0. The van der Waals surface area contributed by atoms with Gasteiger partial charge in [-0.2, -0.15) is 0 Å². The molecule has 1 unspecified atom stereocenters. The fourth-order valence-electron chi connectivity index (χ4n) is 2.29. The predicted octanol–water partition coefficient (Wildman–Crippen LogP) is 3.04. The Labute approximate surface area is 110 Å². The first kappa shape index (κ1) is 11.5. The summed E-state index contributed by atoms with van der Waals surface area (Å²) in [7, 11) is 1.62. The Morgan fingerprint density at radius 2 is 2.22 bits per heavy atom. The SMILES string of the molecule is COc1cnc(NC2CCCc3sccc32)nc1. The topological polar surface area (TPSA) is 47.0 Å². The van der Waals surface area contributed by atoms with Gasteiger partial charge >= 0.3 is 0 Å². The van der Waals surface area contributed by atoms with Crippen LogP contribution in [-0.4, -0.2) is 17.1 Å². The van der Waals surface area contributed by atoms with Crippen molar-refractivity contribution in [3.63, 3.8) is 0 Å². The molecule has 5 heteroatoms. The number of hydrogen-bond donors (Lipinski definition) is 1. The summed E-state index contributed by atoms with van der Waals surface area (Å²) in [5.74, 6) is 1.35. The minimum Gasteiger partial charge on any atom is -0.494 e. The van der Waals surface area contributed by atoms with Gasteiger partial charge in [-0.3, -0.25) is 0 Å². The van der Waals surface area contributed by atoms with Crippen LogP contribution < -0.4 is 10.1 Å². The molecule has 1 N–H and O–H groups in total. The molecule has 1 atom stereocenters. The van der Waals surface area contributed by atoms with E-state index in [1.54, 1.807) is 19.5 Å². The molecular formula is C13H15N3OS. The molecule has 94 valence electrons. The van der Waals surface area contributed by atoms with E-state index in [9.17, 15) is 0 Å². The minimum absolute atomic E-state index is 0.341. The number of nitrogens with one attached hydrogen (secondary N) is 1. The lowest BCUT2D eigenvalue weighted by molar-refractivity contribution is 0.411. The second-order valence-electron chi connectivity index (χ2n) is 4.33. The van der Waals surface area contributed by atoms with Gasteiger partial charge in [0.15, 0.2) is 5.75 Å². The lowest BCUT2D eigenvalue weighted by atomic mass is 9.94. The fourth-order valence-corrected chi connectivity index (χ4v) is 3.28. The van der Waals surface area contributed by atoms with Gasteiger partial charge in [0, 0.05) is 4.88 Å². The summed E-state index contributed by atoms with van der Waals surface area (Å²) in [5.41, 5.74) is 1.41. The van der Waals surface area contributed by atoms with Crippen LogP contribution in [0.4, 0.5) is 5.95 Å². The van der Waals surface area contributed by atoms with Crippen LogP contribution in [0.5, 0.6) is 5.75 Å². The van der Waals surface area contributed by atoms with Crippen molar-refractivity contribution < 1.29 is 4.74 Å². The number of thiophene rings is 1. The Bertz CT molecular complexity index is 523. The highest BCUT2D eigenvalue weighted by Crippen LogP contribution is 2.34. The van der Waals surface area contributed by atoms with E-state index >= 15 is 0 Å². The van der Waals surface area contributed by atoms with E-state index in [0.717, 1.165) is 6.42 Å². The van der Waals surface area contributed by atoms with Crippen molar-refractivity contribution in [2.75, 3.05) is 12.4 Å². The molecule has 0 fully saturated rings. The Morgan fingerprint density at radius 3 is 3.00 bits per heavy atom. The number of aryl methyl sites for hydroxylation is 1. The van der Waals surface area contributed by atoms with E-state index in [2.05, 4.69) is 26.7 Å². The van der Waals surface area contributed by atoms with E-state index in [1.807, 2.05) is 11.3 Å². The maximum Gasteiger partial charge on any atom is 0.223 e. The molecule has 2 aromatic rings. The van der Waals surface area contributed by atoms with Crippen molar-refractivity contribution in [1.82, 2.24) is 9.97 Å². The van der Waals surface area contributed by atoms with Crippen LogP contribution >= 0.6 is 11.3 Å². The number of methoxy groups -OCH3 is 1. The van der Waals surface area contributed by atoms with Crippen LogP contribution in [0.3, 0.4) is 0 Å². The van der Waals surface area contributed by atoms with Crippen LogP contribution in [0, 0.1) is 0 Å². The maximum absolute atomic E-state index is 5.05. The van der Waals surface area contributed by atoms with E-state index in [-0.39, 0.29) is 0 Å². The summed E-state index contributed by atoms with van der Waals surface area (Å²) in [6, 6.07) is 2.55. The third kappa shape index (κ3) is 2.18. The van der Waals surface area contributed by atoms with Gasteiger partial charge in [0.1, 0.15) is 0 Å². The van der Waals surface area contributed by atoms with Crippen molar-refractivity contribution in [1.29, 1.82) is 0 Å². The minimum atomic E-state index is 0.341. The molecule has 0 saturated carbocycles. The number of rotatable bonds is 3. The monoisotopic (exact) mass is 261 g/mol. The van der Waals surface area contributed by atoms with Gasteiger partial charge < -0.3 is 10.1 Å². The highest BCUT2D eigenvalue weighted by Gasteiger charge is 2.21. The molecule has 0 saturated heterocycles. The van der Waals surface area contributed by atoms with Crippen LogP contribution in [0.15, 0.2) is 23.8 Å². The molecule has 2 heterocycles. The van der Waals surface area contributed by atoms with Crippen molar-refractivity contribution in [2.24, 2.45) is 0 Å². The molecule has 0 bridgehead atoms. The van der Waals surface area contributed by atoms with Crippen molar-refractivity contribution >= 4 is 17.3 Å². The standard InChI is InChI=1S/C13H15N3OS/c1-17-9-7-14-13(15-8-9)16-11-3-2-4-12-10(11)5-6-18-12/h5-8,11H,2-4H2,1H3,(H,14,15,16). The van der Waals surface area contributed by atoms with Crippen molar-refractivity contribution in [2.45, 2.75) is 25.3 Å². The predicted molar refractivity (Wildman–Crippen MR) is 72.2 cm³/mol. The number of fused-ring (bicyclic) bond motifs is 1. The molecule has 0 spiro atoms. The van der Waals surface area contributed by atoms with Crippen LogP contribution in [0.25, 0.3) is 0 Å². The molecule has 3 rings (SSSR count). The van der Waals surface area contributed by atoms with Gasteiger partial charge in [-0.25, -0.2) is 9.97 Å². The van der Waals surface area contributed by atoms with Gasteiger partial charge in [0.25, 0.3) is 0 Å². The molecule has 1 aliphatic rings. The summed E-state index contributed by atoms with van der Waals surface area (Å²) in [4.78, 5) is 10.0. The number of aromatic nitrogens is 2. The molecule has 0 aromatic carbocycles. The zero-order chi connectivity index (χ0) is 12.4. The second-order valence-corrected chi connectivity index (χ2v) is 5.34. The van der Waals surface area contributed by atoms with E-state index in [1.165, 1.54) is 23.3 Å². The van der Waals surface area contributed by atoms with Gasteiger partial charge in [-0.05, 0) is 36.3 Å². The number of ether oxygens (including phenoxy) is 1. The molecule has 0 amide bonds. The molecule has 4 nitrogen and oxygen atoms in total. The Balaban J connectivity index is 1.77. The van der Waals surface area contributed by atoms with Gasteiger partial charge in [0.05, 0.1) is 25.5 Å². The Hall–Kier alpha value is -1.62. The Kier molecular flexibility index (Phi) is 3.15. The van der Waals surface area contributed by atoms with Crippen molar-refractivity contribution in [3.8, 4) is 5.75 Å². The fraction of sp³-hybridized carbons (Fsp3) is 0.385. The Morgan fingerprint density at radius 1 is 1.39 bits per heavy atom. The summed E-state index contributed by atoms with van der Waals surface area (Å²) in [6.07, 6.45) is 6.94. The molecule has 2 aromatic heterocycles. The van der Waals surface area contributed by atoms with Crippen LogP contribution in [-0.2, 0) is 6.42 Å². The molecule has 0 aliphatic heterocycles. The highest BCUT2D eigenvalue weighted by molar-refractivity contribution is 7.10. The van der Waals surface area contributed by atoms with Gasteiger partial charge in [0.2, 0.25) is 5.95 Å². The highest BCUT2D eigenvalue weighted by atomic mass is 32.1. The summed E-state index contributed by atoms with van der Waals surface area (Å²) >= 11 is 1.84. The normalized spacial score (nSPS) is 18.2. The smallest absolute Gasteiger partial charge is 0.223 e. The average molecular weight is 261 g/mol. The third-order valence-electron chi connectivity index (χ3n) is 3.22. The summed E-state index contributed by atoms with van der Waals surface area (Å²) in [5, 5.41) is 5.57. The third-order valence-corrected chi connectivity index (χ3v) is 4.22. The zero-order valence-electron chi connectivity index (χ0n) is 10.2. The van der Waals surface area contributed by atoms with Gasteiger partial charge in [-0.1, -0.05) is 0 Å². The number of nitrogens with zero attached hydrogens (tertiary/aromatic N) is 2. The lowest BCUT2D eigenvalue weighted by Gasteiger charge is -2.23. The van der Waals surface area contributed by atoms with Crippen LogP contribution in [0.1, 0.15) is 29.3 Å². The molecule has 0 radical (unpaired) electrons. The van der Waals surface area contributed by atoms with E-state index in [0.29, 0.717) is 17.7 Å². The first-order chi connectivity index (χ1) is 8.86. The number of anilines is 1. The average Bonchev–Trinajstić information content (AvgIpc) is 2.89. The largest absolute Gasteiger partial charge is 0.494 e. The van der Waals surface area contributed by atoms with Gasteiger partial charge in [-0.15, -0.1) is 11.3 Å². The second kappa shape index (κ2) is 4.94.